The highest BCUT2D eigenvalue weighted by Gasteiger charge is 2.14. The number of hydrogen-bond acceptors (Lipinski definition) is 4. The molecule has 0 bridgehead atoms. The number of rotatable bonds is 6. The van der Waals surface area contributed by atoms with Gasteiger partial charge in [-0.3, -0.25) is 4.90 Å². The van der Waals surface area contributed by atoms with Crippen LogP contribution in [0.4, 0.5) is 4.39 Å². The lowest BCUT2D eigenvalue weighted by Crippen LogP contribution is -2.39. The SMILES string of the molecule is CC(C)N(CCOc1nc(Cl)ncc1F)C(C)C. The number of ether oxygens (including phenoxy) is 1. The van der Waals surface area contributed by atoms with Gasteiger partial charge in [-0.2, -0.15) is 9.37 Å². The Morgan fingerprint density at radius 1 is 1.33 bits per heavy atom. The zero-order chi connectivity index (χ0) is 13.7. The second-order valence-electron chi connectivity index (χ2n) is 4.57. The molecule has 0 aliphatic heterocycles. The molecule has 0 N–H and O–H groups in total. The Morgan fingerprint density at radius 3 is 2.50 bits per heavy atom. The van der Waals surface area contributed by atoms with Crippen LogP contribution in [0.15, 0.2) is 6.20 Å². The number of nitrogens with zero attached hydrogens (tertiary/aromatic N) is 3. The van der Waals surface area contributed by atoms with Gasteiger partial charge in [0.05, 0.1) is 6.20 Å². The van der Waals surface area contributed by atoms with Crippen molar-refractivity contribution >= 4 is 11.6 Å². The fourth-order valence-electron chi connectivity index (χ4n) is 1.79. The Morgan fingerprint density at radius 2 is 1.94 bits per heavy atom. The largest absolute Gasteiger partial charge is 0.474 e. The zero-order valence-corrected chi connectivity index (χ0v) is 11.9. The van der Waals surface area contributed by atoms with Crippen molar-refractivity contribution < 1.29 is 9.13 Å². The molecule has 4 nitrogen and oxygen atoms in total. The molecule has 0 radical (unpaired) electrons. The van der Waals surface area contributed by atoms with E-state index in [0.717, 1.165) is 6.20 Å². The molecule has 0 fully saturated rings. The Bertz CT molecular complexity index is 380. The summed E-state index contributed by atoms with van der Waals surface area (Å²) in [5.74, 6) is -0.692. The van der Waals surface area contributed by atoms with E-state index in [1.54, 1.807) is 0 Å². The molecule has 102 valence electrons. The van der Waals surface area contributed by atoms with Gasteiger partial charge in [0.15, 0.2) is 0 Å². The van der Waals surface area contributed by atoms with E-state index in [1.807, 2.05) is 0 Å². The lowest BCUT2D eigenvalue weighted by atomic mass is 10.2. The third-order valence-electron chi connectivity index (χ3n) is 2.60. The molecular formula is C12H19ClFN3O. The van der Waals surface area contributed by atoms with E-state index < -0.39 is 5.82 Å². The second kappa shape index (κ2) is 6.85. The maximum Gasteiger partial charge on any atom is 0.254 e. The van der Waals surface area contributed by atoms with Crippen LogP contribution >= 0.6 is 11.6 Å². The first kappa shape index (κ1) is 15.1. The van der Waals surface area contributed by atoms with E-state index in [0.29, 0.717) is 25.2 Å². The van der Waals surface area contributed by atoms with Crippen molar-refractivity contribution in [3.63, 3.8) is 0 Å². The highest BCUT2D eigenvalue weighted by atomic mass is 35.5. The van der Waals surface area contributed by atoms with Crippen LogP contribution in [-0.4, -0.2) is 40.1 Å². The van der Waals surface area contributed by atoms with E-state index in [4.69, 9.17) is 16.3 Å². The van der Waals surface area contributed by atoms with E-state index in [-0.39, 0.29) is 11.2 Å². The van der Waals surface area contributed by atoms with Crippen LogP contribution in [-0.2, 0) is 0 Å². The molecule has 0 amide bonds. The summed E-state index contributed by atoms with van der Waals surface area (Å²) < 4.78 is 18.6. The van der Waals surface area contributed by atoms with Gasteiger partial charge in [0.25, 0.3) is 5.88 Å². The summed E-state index contributed by atoms with van der Waals surface area (Å²) in [5.41, 5.74) is 0. The van der Waals surface area contributed by atoms with Crippen molar-refractivity contribution in [1.82, 2.24) is 14.9 Å². The molecule has 0 spiro atoms. The molecule has 0 unspecified atom stereocenters. The summed E-state index contributed by atoms with van der Waals surface area (Å²) in [6.07, 6.45) is 1.01. The average Bonchev–Trinajstić information content (AvgIpc) is 2.27. The fraction of sp³-hybridized carbons (Fsp3) is 0.667. The molecule has 0 aromatic carbocycles. The van der Waals surface area contributed by atoms with Gasteiger partial charge in [-0.05, 0) is 39.3 Å². The first-order valence-corrected chi connectivity index (χ1v) is 6.36. The van der Waals surface area contributed by atoms with E-state index in [2.05, 4.69) is 42.6 Å². The Hall–Kier alpha value is -0.940. The molecule has 0 aliphatic carbocycles. The molecule has 0 saturated heterocycles. The minimum absolute atomic E-state index is 0.0176. The van der Waals surface area contributed by atoms with Gasteiger partial charge in [0.2, 0.25) is 11.1 Å². The maximum absolute atomic E-state index is 13.3. The van der Waals surface area contributed by atoms with Crippen molar-refractivity contribution in [2.24, 2.45) is 0 Å². The van der Waals surface area contributed by atoms with Crippen LogP contribution in [0.5, 0.6) is 5.88 Å². The summed E-state index contributed by atoms with van der Waals surface area (Å²) in [6, 6.07) is 0.819. The lowest BCUT2D eigenvalue weighted by Gasteiger charge is -2.30. The van der Waals surface area contributed by atoms with Gasteiger partial charge in [0.1, 0.15) is 6.61 Å². The summed E-state index contributed by atoms with van der Waals surface area (Å²) in [4.78, 5) is 9.48. The van der Waals surface area contributed by atoms with Gasteiger partial charge < -0.3 is 4.74 Å². The Balaban J connectivity index is 2.52. The maximum atomic E-state index is 13.3. The molecule has 0 atom stereocenters. The van der Waals surface area contributed by atoms with Crippen LogP contribution in [0.1, 0.15) is 27.7 Å². The molecule has 1 aromatic heterocycles. The highest BCUT2D eigenvalue weighted by molar-refractivity contribution is 6.28. The number of halogens is 2. The van der Waals surface area contributed by atoms with E-state index >= 15 is 0 Å². The van der Waals surface area contributed by atoms with Crippen molar-refractivity contribution in [3.05, 3.63) is 17.3 Å². The fourth-order valence-corrected chi connectivity index (χ4v) is 1.92. The van der Waals surface area contributed by atoms with Crippen molar-refractivity contribution in [2.45, 2.75) is 39.8 Å². The quantitative estimate of drug-likeness (QED) is 0.749. The van der Waals surface area contributed by atoms with Gasteiger partial charge in [-0.1, -0.05) is 0 Å². The van der Waals surface area contributed by atoms with Gasteiger partial charge in [-0.15, -0.1) is 0 Å². The van der Waals surface area contributed by atoms with Gasteiger partial charge >= 0.3 is 0 Å². The highest BCUT2D eigenvalue weighted by Crippen LogP contribution is 2.14. The van der Waals surface area contributed by atoms with Crippen molar-refractivity contribution in [3.8, 4) is 5.88 Å². The third kappa shape index (κ3) is 4.38. The summed E-state index contributed by atoms with van der Waals surface area (Å²) in [7, 11) is 0. The molecular weight excluding hydrogens is 257 g/mol. The molecule has 0 saturated carbocycles. The number of aromatic nitrogens is 2. The molecule has 6 heteroatoms. The normalized spacial score (nSPS) is 11.6. The van der Waals surface area contributed by atoms with Crippen LogP contribution in [0.2, 0.25) is 5.28 Å². The third-order valence-corrected chi connectivity index (χ3v) is 2.78. The zero-order valence-electron chi connectivity index (χ0n) is 11.2. The van der Waals surface area contributed by atoms with Crippen LogP contribution in [0, 0.1) is 5.82 Å². The Kier molecular flexibility index (Phi) is 5.75. The molecule has 18 heavy (non-hydrogen) atoms. The smallest absolute Gasteiger partial charge is 0.254 e. The first-order valence-electron chi connectivity index (χ1n) is 5.98. The molecule has 1 rings (SSSR count). The monoisotopic (exact) mass is 275 g/mol. The Labute approximate surface area is 112 Å². The van der Waals surface area contributed by atoms with Crippen molar-refractivity contribution in [1.29, 1.82) is 0 Å². The molecule has 1 heterocycles. The molecule has 0 aliphatic rings. The van der Waals surface area contributed by atoms with Crippen LogP contribution in [0.25, 0.3) is 0 Å². The topological polar surface area (TPSA) is 38.2 Å². The second-order valence-corrected chi connectivity index (χ2v) is 4.90. The van der Waals surface area contributed by atoms with Gasteiger partial charge in [-0.25, -0.2) is 4.98 Å². The van der Waals surface area contributed by atoms with E-state index in [1.165, 1.54) is 0 Å². The van der Waals surface area contributed by atoms with Gasteiger partial charge in [0, 0.05) is 18.6 Å². The summed E-state index contributed by atoms with van der Waals surface area (Å²) >= 11 is 5.58. The van der Waals surface area contributed by atoms with Crippen LogP contribution < -0.4 is 4.74 Å². The van der Waals surface area contributed by atoms with Crippen LogP contribution in [0.3, 0.4) is 0 Å². The molecule has 1 aromatic rings. The first-order chi connectivity index (χ1) is 8.41. The summed E-state index contributed by atoms with van der Waals surface area (Å²) in [6.45, 7) is 9.52. The number of hydrogen-bond donors (Lipinski definition) is 0. The predicted molar refractivity (Wildman–Crippen MR) is 69.5 cm³/mol. The van der Waals surface area contributed by atoms with E-state index in [9.17, 15) is 4.39 Å². The average molecular weight is 276 g/mol. The standard InChI is InChI=1S/C12H19ClFN3O/c1-8(2)17(9(3)4)5-6-18-11-10(14)7-15-12(13)16-11/h7-9H,5-6H2,1-4H3. The minimum Gasteiger partial charge on any atom is -0.474 e. The predicted octanol–water partition coefficient (Wildman–Crippen LogP) is 2.77. The summed E-state index contributed by atoms with van der Waals surface area (Å²) in [5, 5.41) is -0.0176. The minimum atomic E-state index is -0.597. The lowest BCUT2D eigenvalue weighted by molar-refractivity contribution is 0.138. The van der Waals surface area contributed by atoms with Crippen molar-refractivity contribution in [2.75, 3.05) is 13.2 Å².